The van der Waals surface area contributed by atoms with Gasteiger partial charge in [-0.25, -0.2) is 4.79 Å². The summed E-state index contributed by atoms with van der Waals surface area (Å²) in [4.78, 5) is 47.2. The number of hydrogen-bond acceptors (Lipinski definition) is 6. The molecule has 0 aliphatic heterocycles. The van der Waals surface area contributed by atoms with Gasteiger partial charge in [-0.2, -0.15) is 0 Å². The number of aliphatic hydroxyl groups is 1. The summed E-state index contributed by atoms with van der Waals surface area (Å²) in [6, 6.07) is -1.39. The number of aliphatic carboxylic acids is 1. The lowest BCUT2D eigenvalue weighted by Crippen LogP contribution is -2.47. The fraction of sp³-hybridized carbons (Fsp3) is 0.805. The van der Waals surface area contributed by atoms with Crippen molar-refractivity contribution in [1.29, 1.82) is 0 Å². The number of carbonyl (C=O) groups is 4. The monoisotopic (exact) mass is 707 g/mol. The Hall–Kier alpha value is -2.68. The van der Waals surface area contributed by atoms with Crippen molar-refractivity contribution in [3.05, 3.63) is 24.3 Å². The molecule has 2 amide bonds. The second-order valence-electron chi connectivity index (χ2n) is 13.7. The van der Waals surface area contributed by atoms with Crippen LogP contribution in [0.2, 0.25) is 0 Å². The molecule has 0 aromatic carbocycles. The molecule has 0 aromatic rings. The van der Waals surface area contributed by atoms with E-state index in [4.69, 9.17) is 14.9 Å². The largest absolute Gasteiger partial charge is 0.480 e. The van der Waals surface area contributed by atoms with E-state index < -0.39 is 24.5 Å². The standard InChI is InChI=1S/C41H74N2O7/c1-3-5-7-8-9-10-11-12-13-14-15-16-17-18-19-20-21-22-23-24-29-33-40(47)50-36(30-26-6-4-2)31-27-25-28-32-38(45)42-34-39(46)43-37(35-44)41(48)49/h11-12,14-15,36-37,44H,3-10,13,16-35H2,1-2H3,(H,42,45)(H,43,46)(H,48,49)/b12-11-,15-14-. The minimum absolute atomic E-state index is 0.0810. The Morgan fingerprint density at radius 2 is 1.08 bits per heavy atom. The number of allylic oxidation sites excluding steroid dienone is 4. The van der Waals surface area contributed by atoms with Crippen molar-refractivity contribution in [3.8, 4) is 0 Å². The number of carboxylic acid groups (broad SMARTS) is 1. The molecule has 0 heterocycles. The van der Waals surface area contributed by atoms with Crippen molar-refractivity contribution in [3.63, 3.8) is 0 Å². The number of unbranched alkanes of at least 4 members (excludes halogenated alkanes) is 18. The summed E-state index contributed by atoms with van der Waals surface area (Å²) < 4.78 is 5.86. The van der Waals surface area contributed by atoms with Crippen molar-refractivity contribution in [1.82, 2.24) is 10.6 Å². The molecule has 0 fully saturated rings. The molecule has 0 rings (SSSR count). The maximum absolute atomic E-state index is 12.6. The van der Waals surface area contributed by atoms with Crippen LogP contribution in [0.4, 0.5) is 0 Å². The van der Waals surface area contributed by atoms with Crippen molar-refractivity contribution < 1.29 is 34.1 Å². The van der Waals surface area contributed by atoms with Crippen LogP contribution in [0.3, 0.4) is 0 Å². The number of amides is 2. The van der Waals surface area contributed by atoms with Gasteiger partial charge in [-0.1, -0.05) is 128 Å². The topological polar surface area (TPSA) is 142 Å². The zero-order valence-electron chi connectivity index (χ0n) is 31.9. The lowest BCUT2D eigenvalue weighted by atomic mass is 10.0. The predicted molar refractivity (Wildman–Crippen MR) is 204 cm³/mol. The first-order valence-electron chi connectivity index (χ1n) is 20.2. The SMILES string of the molecule is CCCCCCC/C=C\C/C=C\CCCCCCCCCCCC(=O)OC(CCCCC)CCCCCC(=O)NCC(=O)NC(CO)C(=O)O. The summed E-state index contributed by atoms with van der Waals surface area (Å²) in [7, 11) is 0. The van der Waals surface area contributed by atoms with E-state index in [0.29, 0.717) is 12.8 Å². The van der Waals surface area contributed by atoms with Crippen molar-refractivity contribution >= 4 is 23.8 Å². The molecule has 0 saturated carbocycles. The normalized spacial score (nSPS) is 12.7. The maximum Gasteiger partial charge on any atom is 0.328 e. The third kappa shape index (κ3) is 32.5. The summed E-state index contributed by atoms with van der Waals surface area (Å²) in [6.07, 6.45) is 38.2. The average molecular weight is 707 g/mol. The molecule has 290 valence electrons. The van der Waals surface area contributed by atoms with Gasteiger partial charge in [0, 0.05) is 12.8 Å². The van der Waals surface area contributed by atoms with Gasteiger partial charge in [-0.15, -0.1) is 0 Å². The third-order valence-electron chi connectivity index (χ3n) is 8.95. The lowest BCUT2D eigenvalue weighted by molar-refractivity contribution is -0.150. The van der Waals surface area contributed by atoms with E-state index in [1.807, 2.05) is 0 Å². The summed E-state index contributed by atoms with van der Waals surface area (Å²) in [5.41, 5.74) is 0. The van der Waals surface area contributed by atoms with E-state index in [0.717, 1.165) is 64.2 Å². The smallest absolute Gasteiger partial charge is 0.328 e. The Labute approximate surface area is 304 Å². The molecular weight excluding hydrogens is 632 g/mol. The van der Waals surface area contributed by atoms with Gasteiger partial charge in [-0.05, 0) is 70.6 Å². The Morgan fingerprint density at radius 1 is 0.600 bits per heavy atom. The van der Waals surface area contributed by atoms with Gasteiger partial charge in [0.2, 0.25) is 11.8 Å². The first kappa shape index (κ1) is 47.3. The number of carbonyl (C=O) groups excluding carboxylic acids is 3. The van der Waals surface area contributed by atoms with E-state index in [1.165, 1.54) is 89.9 Å². The van der Waals surface area contributed by atoms with Gasteiger partial charge in [0.1, 0.15) is 12.1 Å². The highest BCUT2D eigenvalue weighted by Gasteiger charge is 2.19. The van der Waals surface area contributed by atoms with Gasteiger partial charge in [0.25, 0.3) is 0 Å². The molecule has 0 aliphatic carbocycles. The molecular formula is C41H74N2O7. The summed E-state index contributed by atoms with van der Waals surface area (Å²) in [5, 5.41) is 22.5. The summed E-state index contributed by atoms with van der Waals surface area (Å²) >= 11 is 0. The van der Waals surface area contributed by atoms with Crippen LogP contribution in [0.1, 0.15) is 187 Å². The van der Waals surface area contributed by atoms with Crippen LogP contribution in [0.15, 0.2) is 24.3 Å². The second-order valence-corrected chi connectivity index (χ2v) is 13.7. The highest BCUT2D eigenvalue weighted by atomic mass is 16.5. The van der Waals surface area contributed by atoms with E-state index in [9.17, 15) is 19.2 Å². The molecule has 0 radical (unpaired) electrons. The van der Waals surface area contributed by atoms with Gasteiger partial charge < -0.3 is 25.6 Å². The minimum Gasteiger partial charge on any atom is -0.480 e. The third-order valence-corrected chi connectivity index (χ3v) is 8.95. The minimum atomic E-state index is -1.39. The van der Waals surface area contributed by atoms with Crippen LogP contribution in [0.5, 0.6) is 0 Å². The number of aliphatic hydroxyl groups excluding tert-OH is 1. The molecule has 9 heteroatoms. The first-order chi connectivity index (χ1) is 24.3. The molecule has 2 atom stereocenters. The first-order valence-corrected chi connectivity index (χ1v) is 20.2. The van der Waals surface area contributed by atoms with E-state index in [1.54, 1.807) is 0 Å². The number of ether oxygens (including phenoxy) is 1. The molecule has 50 heavy (non-hydrogen) atoms. The maximum atomic E-state index is 12.6. The Kier molecular flexibility index (Phi) is 34.2. The lowest BCUT2D eigenvalue weighted by Gasteiger charge is -2.18. The van der Waals surface area contributed by atoms with Crippen LogP contribution < -0.4 is 10.6 Å². The quantitative estimate of drug-likeness (QED) is 0.0289. The number of nitrogens with one attached hydrogen (secondary N) is 2. The molecule has 2 unspecified atom stereocenters. The molecule has 0 aromatic heterocycles. The van der Waals surface area contributed by atoms with E-state index >= 15 is 0 Å². The fourth-order valence-electron chi connectivity index (χ4n) is 5.80. The number of hydrogen-bond donors (Lipinski definition) is 4. The second kappa shape index (κ2) is 36.1. The van der Waals surface area contributed by atoms with Crippen LogP contribution in [-0.4, -0.2) is 59.3 Å². The Bertz CT molecular complexity index is 905. The van der Waals surface area contributed by atoms with Crippen LogP contribution >= 0.6 is 0 Å². The van der Waals surface area contributed by atoms with Crippen LogP contribution in [-0.2, 0) is 23.9 Å². The highest BCUT2D eigenvalue weighted by molar-refractivity contribution is 5.87. The van der Waals surface area contributed by atoms with Crippen molar-refractivity contribution in [2.24, 2.45) is 0 Å². The number of rotatable bonds is 36. The van der Waals surface area contributed by atoms with Gasteiger partial charge in [0.15, 0.2) is 0 Å². The highest BCUT2D eigenvalue weighted by Crippen LogP contribution is 2.17. The zero-order valence-corrected chi connectivity index (χ0v) is 31.9. The Balaban J connectivity index is 3.88. The average Bonchev–Trinajstić information content (AvgIpc) is 3.10. The molecule has 0 aliphatic rings. The van der Waals surface area contributed by atoms with Gasteiger partial charge in [0.05, 0.1) is 13.2 Å². The van der Waals surface area contributed by atoms with Gasteiger partial charge in [-0.3, -0.25) is 14.4 Å². The molecule has 4 N–H and O–H groups in total. The summed E-state index contributed by atoms with van der Waals surface area (Å²) in [5.74, 6) is -2.39. The Morgan fingerprint density at radius 3 is 1.64 bits per heavy atom. The molecule has 0 spiro atoms. The molecule has 0 saturated heterocycles. The zero-order chi connectivity index (χ0) is 36.9. The molecule has 0 bridgehead atoms. The summed E-state index contributed by atoms with van der Waals surface area (Å²) in [6.45, 7) is 3.36. The van der Waals surface area contributed by atoms with Crippen molar-refractivity contribution in [2.75, 3.05) is 13.2 Å². The van der Waals surface area contributed by atoms with Crippen molar-refractivity contribution in [2.45, 2.75) is 199 Å². The van der Waals surface area contributed by atoms with Crippen LogP contribution in [0.25, 0.3) is 0 Å². The van der Waals surface area contributed by atoms with E-state index in [2.05, 4.69) is 48.8 Å². The molecule has 9 nitrogen and oxygen atoms in total. The van der Waals surface area contributed by atoms with Gasteiger partial charge >= 0.3 is 11.9 Å². The van der Waals surface area contributed by atoms with Crippen LogP contribution in [0, 0.1) is 0 Å². The van der Waals surface area contributed by atoms with E-state index in [-0.39, 0.29) is 30.9 Å². The number of esters is 1. The number of carboxylic acids is 1. The fourth-order valence-corrected chi connectivity index (χ4v) is 5.80. The predicted octanol–water partition coefficient (Wildman–Crippen LogP) is 9.26.